The number of carboxylic acid groups (broad SMARTS) is 1. The lowest BCUT2D eigenvalue weighted by Gasteiger charge is -2.35. The fourth-order valence-electron chi connectivity index (χ4n) is 2.92. The van der Waals surface area contributed by atoms with Crippen molar-refractivity contribution in [2.24, 2.45) is 0 Å². The molecule has 0 aliphatic carbocycles. The fraction of sp³-hybridized carbons (Fsp3) is 0.462. The van der Waals surface area contributed by atoms with Crippen LogP contribution in [0.3, 0.4) is 0 Å². The standard InChI is InChI=1S/C13H16BrN5O2/c1-7-2-3-8(6-19(7)13(20)21)12-17-10(14)9-11(15)16-4-5-18(9)12/h4-5,7-8H,2-3,6H2,1H3,(H2,15,16)(H,20,21). The highest BCUT2D eigenvalue weighted by molar-refractivity contribution is 9.10. The number of imidazole rings is 1. The monoisotopic (exact) mass is 353 g/mol. The minimum atomic E-state index is -0.881. The van der Waals surface area contributed by atoms with Crippen molar-refractivity contribution in [2.45, 2.75) is 31.7 Å². The number of aromatic nitrogens is 3. The highest BCUT2D eigenvalue weighted by Gasteiger charge is 2.32. The van der Waals surface area contributed by atoms with Crippen molar-refractivity contribution in [2.75, 3.05) is 12.3 Å². The Balaban J connectivity index is 2.01. The van der Waals surface area contributed by atoms with Crippen LogP contribution >= 0.6 is 15.9 Å². The number of nitrogen functional groups attached to an aromatic ring is 1. The molecule has 8 heteroatoms. The highest BCUT2D eigenvalue weighted by atomic mass is 79.9. The molecule has 0 saturated carbocycles. The molecule has 7 nitrogen and oxygen atoms in total. The summed E-state index contributed by atoms with van der Waals surface area (Å²) in [6, 6.07) is 0.0418. The van der Waals surface area contributed by atoms with Crippen LogP contribution in [0.15, 0.2) is 17.0 Å². The maximum atomic E-state index is 11.3. The Bertz CT molecular complexity index is 701. The summed E-state index contributed by atoms with van der Waals surface area (Å²) in [7, 11) is 0. The number of rotatable bonds is 1. The lowest BCUT2D eigenvalue weighted by Crippen LogP contribution is -2.44. The van der Waals surface area contributed by atoms with Crippen molar-refractivity contribution >= 4 is 33.4 Å². The Kier molecular flexibility index (Phi) is 3.48. The molecule has 1 aliphatic heterocycles. The van der Waals surface area contributed by atoms with E-state index in [0.717, 1.165) is 24.2 Å². The maximum absolute atomic E-state index is 11.3. The van der Waals surface area contributed by atoms with Gasteiger partial charge in [-0.25, -0.2) is 14.8 Å². The Morgan fingerprint density at radius 1 is 1.52 bits per heavy atom. The van der Waals surface area contributed by atoms with Crippen LogP contribution in [0.1, 0.15) is 31.5 Å². The average Bonchev–Trinajstić information content (AvgIpc) is 2.78. The predicted molar refractivity (Wildman–Crippen MR) is 81.3 cm³/mol. The molecular weight excluding hydrogens is 338 g/mol. The van der Waals surface area contributed by atoms with E-state index in [0.29, 0.717) is 17.0 Å². The average molecular weight is 354 g/mol. The fourth-order valence-corrected chi connectivity index (χ4v) is 3.49. The lowest BCUT2D eigenvalue weighted by atomic mass is 9.93. The van der Waals surface area contributed by atoms with Crippen molar-refractivity contribution < 1.29 is 9.90 Å². The number of nitrogens with two attached hydrogens (primary N) is 1. The molecule has 2 aromatic rings. The number of anilines is 1. The SMILES string of the molecule is CC1CCC(c2nc(Br)c3c(N)nccn23)CN1C(=O)O. The second kappa shape index (κ2) is 5.18. The van der Waals surface area contributed by atoms with Gasteiger partial charge < -0.3 is 15.7 Å². The number of carbonyl (C=O) groups is 1. The largest absolute Gasteiger partial charge is 0.465 e. The first kappa shape index (κ1) is 14.1. The van der Waals surface area contributed by atoms with Gasteiger partial charge in [-0.1, -0.05) is 0 Å². The molecule has 1 aliphatic rings. The second-order valence-corrected chi connectivity index (χ2v) is 6.10. The summed E-state index contributed by atoms with van der Waals surface area (Å²) < 4.78 is 2.54. The normalized spacial score (nSPS) is 22.7. The van der Waals surface area contributed by atoms with Gasteiger partial charge >= 0.3 is 6.09 Å². The van der Waals surface area contributed by atoms with Crippen LogP contribution in [0.4, 0.5) is 10.6 Å². The Labute approximate surface area is 129 Å². The number of likely N-dealkylation sites (tertiary alicyclic amines) is 1. The van der Waals surface area contributed by atoms with E-state index in [9.17, 15) is 9.90 Å². The van der Waals surface area contributed by atoms with Gasteiger partial charge in [0.2, 0.25) is 0 Å². The van der Waals surface area contributed by atoms with E-state index >= 15 is 0 Å². The lowest BCUT2D eigenvalue weighted by molar-refractivity contribution is 0.104. The minimum absolute atomic E-state index is 0.0418. The van der Waals surface area contributed by atoms with Crippen LogP contribution < -0.4 is 5.73 Å². The first-order chi connectivity index (χ1) is 9.99. The Morgan fingerprint density at radius 3 is 3.00 bits per heavy atom. The molecule has 3 rings (SSSR count). The molecule has 0 bridgehead atoms. The van der Waals surface area contributed by atoms with Crippen molar-refractivity contribution in [1.29, 1.82) is 0 Å². The van der Waals surface area contributed by atoms with Crippen molar-refractivity contribution in [3.8, 4) is 0 Å². The quantitative estimate of drug-likeness (QED) is 0.819. The van der Waals surface area contributed by atoms with Gasteiger partial charge in [0.1, 0.15) is 15.9 Å². The summed E-state index contributed by atoms with van der Waals surface area (Å²) in [5.41, 5.74) is 6.62. The van der Waals surface area contributed by atoms with E-state index in [2.05, 4.69) is 25.9 Å². The van der Waals surface area contributed by atoms with Crippen LogP contribution in [0, 0.1) is 0 Å². The van der Waals surface area contributed by atoms with Gasteiger partial charge in [0.15, 0.2) is 5.82 Å². The topological polar surface area (TPSA) is 96.8 Å². The summed E-state index contributed by atoms with van der Waals surface area (Å²) in [6.45, 7) is 2.39. The van der Waals surface area contributed by atoms with Gasteiger partial charge in [-0.05, 0) is 35.7 Å². The highest BCUT2D eigenvalue weighted by Crippen LogP contribution is 2.33. The van der Waals surface area contributed by atoms with E-state index in [1.165, 1.54) is 4.90 Å². The molecule has 112 valence electrons. The molecule has 1 saturated heterocycles. The van der Waals surface area contributed by atoms with Crippen LogP contribution in [-0.4, -0.2) is 43.1 Å². The number of hydrogen-bond acceptors (Lipinski definition) is 4. The summed E-state index contributed by atoms with van der Waals surface area (Å²) in [5, 5.41) is 9.30. The molecule has 0 radical (unpaired) electrons. The Hall–Kier alpha value is -1.83. The summed E-state index contributed by atoms with van der Waals surface area (Å²) in [5.74, 6) is 1.28. The third-order valence-electron chi connectivity index (χ3n) is 4.06. The van der Waals surface area contributed by atoms with E-state index in [4.69, 9.17) is 5.73 Å². The van der Waals surface area contributed by atoms with Gasteiger partial charge in [-0.15, -0.1) is 0 Å². The number of fused-ring (bicyclic) bond motifs is 1. The summed E-state index contributed by atoms with van der Waals surface area (Å²) >= 11 is 3.41. The number of amides is 1. The molecule has 1 fully saturated rings. The molecule has 0 spiro atoms. The van der Waals surface area contributed by atoms with Gasteiger partial charge in [0.25, 0.3) is 0 Å². The van der Waals surface area contributed by atoms with Crippen LogP contribution in [0.5, 0.6) is 0 Å². The minimum Gasteiger partial charge on any atom is -0.465 e. The van der Waals surface area contributed by atoms with Gasteiger partial charge in [0, 0.05) is 30.9 Å². The maximum Gasteiger partial charge on any atom is 0.407 e. The second-order valence-electron chi connectivity index (χ2n) is 5.35. The van der Waals surface area contributed by atoms with Crippen LogP contribution in [0.2, 0.25) is 0 Å². The Morgan fingerprint density at radius 2 is 2.29 bits per heavy atom. The van der Waals surface area contributed by atoms with Gasteiger partial charge in [-0.3, -0.25) is 4.40 Å². The molecular formula is C13H16BrN5O2. The zero-order valence-electron chi connectivity index (χ0n) is 11.5. The third kappa shape index (κ3) is 2.33. The van der Waals surface area contributed by atoms with E-state index in [-0.39, 0.29) is 12.0 Å². The van der Waals surface area contributed by atoms with Crippen molar-refractivity contribution in [3.63, 3.8) is 0 Å². The van der Waals surface area contributed by atoms with Crippen molar-refractivity contribution in [3.05, 3.63) is 22.8 Å². The van der Waals surface area contributed by atoms with E-state index in [1.807, 2.05) is 17.5 Å². The summed E-state index contributed by atoms with van der Waals surface area (Å²) in [6.07, 6.45) is 4.28. The zero-order valence-corrected chi connectivity index (χ0v) is 13.1. The molecule has 2 unspecified atom stereocenters. The van der Waals surface area contributed by atoms with Gasteiger partial charge in [-0.2, -0.15) is 0 Å². The molecule has 2 atom stereocenters. The number of piperidine rings is 1. The first-order valence-corrected chi connectivity index (χ1v) is 7.55. The molecule has 0 aromatic carbocycles. The number of hydrogen-bond donors (Lipinski definition) is 2. The smallest absolute Gasteiger partial charge is 0.407 e. The molecule has 2 aromatic heterocycles. The predicted octanol–water partition coefficient (Wildman–Crippen LogP) is 2.32. The zero-order chi connectivity index (χ0) is 15.1. The molecule has 3 heterocycles. The number of halogens is 1. The first-order valence-electron chi connectivity index (χ1n) is 6.76. The number of nitrogens with zero attached hydrogens (tertiary/aromatic N) is 4. The van der Waals surface area contributed by atoms with Crippen LogP contribution in [-0.2, 0) is 0 Å². The van der Waals surface area contributed by atoms with Crippen molar-refractivity contribution in [1.82, 2.24) is 19.3 Å². The molecule has 1 amide bonds. The third-order valence-corrected chi connectivity index (χ3v) is 4.61. The molecule has 21 heavy (non-hydrogen) atoms. The van der Waals surface area contributed by atoms with Crippen LogP contribution in [0.25, 0.3) is 5.52 Å². The summed E-state index contributed by atoms with van der Waals surface area (Å²) in [4.78, 5) is 21.4. The van der Waals surface area contributed by atoms with E-state index < -0.39 is 6.09 Å². The van der Waals surface area contributed by atoms with E-state index in [1.54, 1.807) is 6.20 Å². The van der Waals surface area contributed by atoms with Gasteiger partial charge in [0.05, 0.1) is 0 Å². The molecule has 3 N–H and O–H groups in total.